The molecular formula is C17H17ClN2O. The summed E-state index contributed by atoms with van der Waals surface area (Å²) in [6, 6.07) is 14.2. The summed E-state index contributed by atoms with van der Waals surface area (Å²) in [6.45, 7) is 4.03. The van der Waals surface area contributed by atoms with Crippen LogP contribution in [-0.4, -0.2) is 14.9 Å². The predicted molar refractivity (Wildman–Crippen MR) is 85.6 cm³/mol. The molecule has 1 unspecified atom stereocenters. The third-order valence-corrected chi connectivity index (χ3v) is 3.92. The van der Waals surface area contributed by atoms with Crippen molar-refractivity contribution in [1.82, 2.24) is 9.78 Å². The monoisotopic (exact) mass is 300 g/mol. The van der Waals surface area contributed by atoms with Gasteiger partial charge in [0.1, 0.15) is 6.10 Å². The summed E-state index contributed by atoms with van der Waals surface area (Å²) in [5, 5.41) is 17.7. The van der Waals surface area contributed by atoms with Crippen molar-refractivity contribution in [3.8, 4) is 0 Å². The van der Waals surface area contributed by atoms with E-state index in [-0.39, 0.29) is 6.04 Å². The third-order valence-electron chi connectivity index (χ3n) is 3.62. The smallest absolute Gasteiger partial charge is 0.122 e. The summed E-state index contributed by atoms with van der Waals surface area (Å²) >= 11 is 6.21. The molecule has 0 aliphatic heterocycles. The quantitative estimate of drug-likeness (QED) is 0.781. The van der Waals surface area contributed by atoms with Gasteiger partial charge in [-0.1, -0.05) is 48.0 Å². The van der Waals surface area contributed by atoms with Crippen LogP contribution in [0.25, 0.3) is 10.8 Å². The lowest BCUT2D eigenvalue weighted by Gasteiger charge is -2.17. The molecule has 0 spiro atoms. The first kappa shape index (κ1) is 14.1. The number of aliphatic hydroxyl groups excluding tert-OH is 1. The van der Waals surface area contributed by atoms with Crippen molar-refractivity contribution < 1.29 is 5.11 Å². The van der Waals surface area contributed by atoms with E-state index < -0.39 is 6.10 Å². The maximum Gasteiger partial charge on any atom is 0.122 e. The van der Waals surface area contributed by atoms with Gasteiger partial charge in [0.15, 0.2) is 0 Å². The Labute approximate surface area is 128 Å². The number of benzene rings is 2. The first-order valence-electron chi connectivity index (χ1n) is 6.97. The molecule has 21 heavy (non-hydrogen) atoms. The Kier molecular flexibility index (Phi) is 3.70. The SMILES string of the molecule is CC(C)n1ncc(Cl)c1C(O)c1ccc2ccccc2c1. The van der Waals surface area contributed by atoms with Crippen molar-refractivity contribution >= 4 is 22.4 Å². The molecule has 0 bridgehead atoms. The second-order valence-corrected chi connectivity index (χ2v) is 5.83. The topological polar surface area (TPSA) is 38.0 Å². The highest BCUT2D eigenvalue weighted by Crippen LogP contribution is 2.31. The predicted octanol–water partition coefficient (Wildman–Crippen LogP) is 4.35. The zero-order chi connectivity index (χ0) is 15.0. The first-order chi connectivity index (χ1) is 10.1. The Hall–Kier alpha value is -1.84. The van der Waals surface area contributed by atoms with Crippen LogP contribution in [0.15, 0.2) is 48.7 Å². The van der Waals surface area contributed by atoms with Gasteiger partial charge in [-0.2, -0.15) is 5.10 Å². The Morgan fingerprint density at radius 1 is 1.10 bits per heavy atom. The highest BCUT2D eigenvalue weighted by molar-refractivity contribution is 6.31. The zero-order valence-corrected chi connectivity index (χ0v) is 12.7. The van der Waals surface area contributed by atoms with Gasteiger partial charge in [-0.25, -0.2) is 0 Å². The van der Waals surface area contributed by atoms with Crippen LogP contribution in [0.3, 0.4) is 0 Å². The molecule has 2 aromatic carbocycles. The summed E-state index contributed by atoms with van der Waals surface area (Å²) in [7, 11) is 0. The highest BCUT2D eigenvalue weighted by atomic mass is 35.5. The maximum atomic E-state index is 10.7. The standard InChI is InChI=1S/C17H17ClN2O/c1-11(2)20-16(15(18)10-19-20)17(21)14-8-7-12-5-3-4-6-13(12)9-14/h3-11,17,21H,1-2H3. The number of nitrogens with zero attached hydrogens (tertiary/aromatic N) is 2. The van der Waals surface area contributed by atoms with Gasteiger partial charge in [0.05, 0.1) is 16.9 Å². The highest BCUT2D eigenvalue weighted by Gasteiger charge is 2.21. The van der Waals surface area contributed by atoms with E-state index in [9.17, 15) is 5.11 Å². The van der Waals surface area contributed by atoms with E-state index in [2.05, 4.69) is 11.2 Å². The molecule has 0 amide bonds. The molecule has 3 aromatic rings. The van der Waals surface area contributed by atoms with Crippen LogP contribution in [0, 0.1) is 0 Å². The van der Waals surface area contributed by atoms with E-state index in [0.29, 0.717) is 10.7 Å². The lowest BCUT2D eigenvalue weighted by molar-refractivity contribution is 0.205. The van der Waals surface area contributed by atoms with Crippen molar-refractivity contribution in [2.75, 3.05) is 0 Å². The van der Waals surface area contributed by atoms with Gasteiger partial charge in [-0.05, 0) is 36.2 Å². The van der Waals surface area contributed by atoms with Gasteiger partial charge < -0.3 is 5.11 Å². The average molecular weight is 301 g/mol. The van der Waals surface area contributed by atoms with Crippen LogP contribution in [0.4, 0.5) is 0 Å². The van der Waals surface area contributed by atoms with Crippen LogP contribution in [0.5, 0.6) is 0 Å². The molecule has 1 atom stereocenters. The minimum absolute atomic E-state index is 0.141. The molecule has 1 heterocycles. The minimum Gasteiger partial charge on any atom is -0.382 e. The largest absolute Gasteiger partial charge is 0.382 e. The van der Waals surface area contributed by atoms with E-state index >= 15 is 0 Å². The van der Waals surface area contributed by atoms with Crippen LogP contribution >= 0.6 is 11.6 Å². The first-order valence-corrected chi connectivity index (χ1v) is 7.35. The summed E-state index contributed by atoms with van der Waals surface area (Å²) in [5.74, 6) is 0. The van der Waals surface area contributed by atoms with E-state index in [1.165, 1.54) is 0 Å². The molecular weight excluding hydrogens is 284 g/mol. The van der Waals surface area contributed by atoms with Gasteiger partial charge in [0.2, 0.25) is 0 Å². The van der Waals surface area contributed by atoms with E-state index in [0.717, 1.165) is 16.3 Å². The molecule has 0 radical (unpaired) electrons. The third kappa shape index (κ3) is 2.55. The van der Waals surface area contributed by atoms with Crippen LogP contribution < -0.4 is 0 Å². The van der Waals surface area contributed by atoms with Crippen LogP contribution in [0.1, 0.15) is 37.3 Å². The van der Waals surface area contributed by atoms with Crippen LogP contribution in [-0.2, 0) is 0 Å². The van der Waals surface area contributed by atoms with Crippen molar-refractivity contribution in [3.63, 3.8) is 0 Å². The van der Waals surface area contributed by atoms with Crippen LogP contribution in [0.2, 0.25) is 5.02 Å². The number of fused-ring (bicyclic) bond motifs is 1. The summed E-state index contributed by atoms with van der Waals surface area (Å²) in [5.41, 5.74) is 1.46. The summed E-state index contributed by atoms with van der Waals surface area (Å²) in [6.07, 6.45) is 0.799. The fourth-order valence-corrected chi connectivity index (χ4v) is 2.79. The average Bonchev–Trinajstić information content (AvgIpc) is 2.88. The minimum atomic E-state index is -0.785. The van der Waals surface area contributed by atoms with Gasteiger partial charge in [-0.15, -0.1) is 0 Å². The summed E-state index contributed by atoms with van der Waals surface area (Å²) < 4.78 is 1.77. The lowest BCUT2D eigenvalue weighted by atomic mass is 10.0. The second-order valence-electron chi connectivity index (χ2n) is 5.43. The number of aromatic nitrogens is 2. The van der Waals surface area contributed by atoms with Gasteiger partial charge in [0, 0.05) is 6.04 Å². The van der Waals surface area contributed by atoms with E-state index in [4.69, 9.17) is 11.6 Å². The Bertz CT molecular complexity index is 779. The Morgan fingerprint density at radius 3 is 2.52 bits per heavy atom. The number of hydrogen-bond acceptors (Lipinski definition) is 2. The van der Waals surface area contributed by atoms with Gasteiger partial charge >= 0.3 is 0 Å². The van der Waals surface area contributed by atoms with E-state index in [1.807, 2.05) is 50.2 Å². The van der Waals surface area contributed by atoms with Gasteiger partial charge in [-0.3, -0.25) is 4.68 Å². The summed E-state index contributed by atoms with van der Waals surface area (Å²) in [4.78, 5) is 0. The van der Waals surface area contributed by atoms with E-state index in [1.54, 1.807) is 10.9 Å². The fraction of sp³-hybridized carbons (Fsp3) is 0.235. The normalized spacial score (nSPS) is 13.0. The molecule has 0 aliphatic carbocycles. The van der Waals surface area contributed by atoms with Crippen molar-refractivity contribution in [2.24, 2.45) is 0 Å². The maximum absolute atomic E-state index is 10.7. The van der Waals surface area contributed by atoms with Gasteiger partial charge in [0.25, 0.3) is 0 Å². The molecule has 108 valence electrons. The molecule has 0 fully saturated rings. The number of rotatable bonds is 3. The lowest BCUT2D eigenvalue weighted by Crippen LogP contribution is -2.12. The fourth-order valence-electron chi connectivity index (χ4n) is 2.55. The molecule has 1 aromatic heterocycles. The zero-order valence-electron chi connectivity index (χ0n) is 12.0. The van der Waals surface area contributed by atoms with Crippen molar-refractivity contribution in [2.45, 2.75) is 26.0 Å². The number of hydrogen-bond donors (Lipinski definition) is 1. The molecule has 4 heteroatoms. The van der Waals surface area contributed by atoms with Crippen molar-refractivity contribution in [3.05, 3.63) is 64.9 Å². The molecule has 0 saturated carbocycles. The number of halogens is 1. The molecule has 1 N–H and O–H groups in total. The Morgan fingerprint density at radius 2 is 1.81 bits per heavy atom. The molecule has 3 rings (SSSR count). The molecule has 0 aliphatic rings. The number of aliphatic hydroxyl groups is 1. The Balaban J connectivity index is 2.08. The van der Waals surface area contributed by atoms with Crippen molar-refractivity contribution in [1.29, 1.82) is 0 Å². The second kappa shape index (κ2) is 5.51. The molecule has 0 saturated heterocycles. The molecule has 3 nitrogen and oxygen atoms in total.